The highest BCUT2D eigenvalue weighted by molar-refractivity contribution is 6.17. The van der Waals surface area contributed by atoms with Crippen LogP contribution in [0.3, 0.4) is 0 Å². The minimum atomic E-state index is -0.468. The number of nitro benzene ring substituents is 1. The molecule has 35 heavy (non-hydrogen) atoms. The average Bonchev–Trinajstić information content (AvgIpc) is 3.21. The summed E-state index contributed by atoms with van der Waals surface area (Å²) in [5.41, 5.74) is 4.36. The van der Waals surface area contributed by atoms with Crippen LogP contribution in [0.5, 0.6) is 11.5 Å². The Labute approximate surface area is 207 Å². The van der Waals surface area contributed by atoms with Crippen molar-refractivity contribution >= 4 is 41.2 Å². The molecule has 0 radical (unpaired) electrons. The highest BCUT2D eigenvalue weighted by Crippen LogP contribution is 2.36. The van der Waals surface area contributed by atoms with Crippen LogP contribution in [0.15, 0.2) is 59.6 Å². The number of ether oxygens (including phenoxy) is 2. The van der Waals surface area contributed by atoms with Crippen molar-refractivity contribution in [2.75, 3.05) is 19.1 Å². The van der Waals surface area contributed by atoms with E-state index in [9.17, 15) is 14.9 Å². The Morgan fingerprint density at radius 2 is 1.94 bits per heavy atom. The van der Waals surface area contributed by atoms with Crippen LogP contribution in [0.4, 0.5) is 17.1 Å². The molecule has 1 aliphatic heterocycles. The average molecular weight is 494 g/mol. The lowest BCUT2D eigenvalue weighted by Gasteiger charge is -2.19. The number of likely N-dealkylation sites (N-methyl/N-ethyl adjacent to an activating group) is 1. The molecule has 0 saturated heterocycles. The molecule has 8 nitrogen and oxygen atoms in total. The first-order valence-electron chi connectivity index (χ1n) is 10.9. The Balaban J connectivity index is 1.58. The van der Waals surface area contributed by atoms with E-state index in [0.717, 1.165) is 18.4 Å². The van der Waals surface area contributed by atoms with Gasteiger partial charge >= 0.3 is 0 Å². The number of hydrogen-bond acceptors (Lipinski definition) is 7. The second-order valence-corrected chi connectivity index (χ2v) is 8.42. The van der Waals surface area contributed by atoms with Crippen molar-refractivity contribution in [3.05, 3.63) is 87.0 Å². The zero-order chi connectivity index (χ0) is 24.9. The fraction of sp³-hybridized carbons (Fsp3) is 0.231. The monoisotopic (exact) mass is 493 g/mol. The lowest BCUT2D eigenvalue weighted by molar-refractivity contribution is -0.385. The second kappa shape index (κ2) is 10.6. The molecule has 9 heteroatoms. The first-order valence-corrected chi connectivity index (χ1v) is 11.4. The number of methoxy groups -OCH3 is 1. The molecule has 1 atom stereocenters. The number of nitrogens with zero attached hydrogens (tertiary/aromatic N) is 3. The molecule has 1 aliphatic rings. The first kappa shape index (κ1) is 24.2. The van der Waals surface area contributed by atoms with Crippen LogP contribution in [0.2, 0.25) is 0 Å². The van der Waals surface area contributed by atoms with Gasteiger partial charge in [0.2, 0.25) is 0 Å². The van der Waals surface area contributed by atoms with Gasteiger partial charge < -0.3 is 14.4 Å². The van der Waals surface area contributed by atoms with Gasteiger partial charge in [0, 0.05) is 48.6 Å². The normalized spacial score (nSPS) is 14.7. The van der Waals surface area contributed by atoms with Crippen molar-refractivity contribution in [1.29, 1.82) is 0 Å². The molecule has 1 unspecified atom stereocenters. The molecule has 0 aliphatic carbocycles. The van der Waals surface area contributed by atoms with Crippen LogP contribution in [0, 0.1) is 10.1 Å². The van der Waals surface area contributed by atoms with Crippen LogP contribution in [0.25, 0.3) is 0 Å². The van der Waals surface area contributed by atoms with E-state index in [1.165, 1.54) is 24.8 Å². The van der Waals surface area contributed by atoms with E-state index < -0.39 is 4.92 Å². The highest BCUT2D eigenvalue weighted by Gasteiger charge is 2.24. The van der Waals surface area contributed by atoms with Gasteiger partial charge in [0.05, 0.1) is 23.8 Å². The van der Waals surface area contributed by atoms with E-state index in [0.29, 0.717) is 33.9 Å². The third kappa shape index (κ3) is 5.27. The topological polar surface area (TPSA) is 94.3 Å². The van der Waals surface area contributed by atoms with Gasteiger partial charge in [0.1, 0.15) is 6.61 Å². The largest absolute Gasteiger partial charge is 0.493 e. The zero-order valence-corrected chi connectivity index (χ0v) is 20.1. The van der Waals surface area contributed by atoms with Crippen LogP contribution in [0.1, 0.15) is 27.0 Å². The summed E-state index contributed by atoms with van der Waals surface area (Å²) in [5.74, 6) is 0.872. The van der Waals surface area contributed by atoms with E-state index in [1.807, 2.05) is 25.4 Å². The number of rotatable bonds is 9. The predicted molar refractivity (Wildman–Crippen MR) is 136 cm³/mol. The first-order chi connectivity index (χ1) is 16.9. The number of aldehydes is 1. The molecule has 0 saturated carbocycles. The Kier molecular flexibility index (Phi) is 7.31. The van der Waals surface area contributed by atoms with E-state index in [2.05, 4.69) is 22.0 Å². The number of para-hydroxylation sites is 1. The molecular weight excluding hydrogens is 470 g/mol. The smallest absolute Gasteiger partial charge is 0.270 e. The number of benzene rings is 3. The third-order valence-corrected chi connectivity index (χ3v) is 6.23. The second-order valence-electron chi connectivity index (χ2n) is 8.16. The number of carbonyl (C=O) groups is 1. The number of halogens is 1. The van der Waals surface area contributed by atoms with E-state index >= 15 is 0 Å². The SMILES string of the molecule is COc1cc(C=O)c(/N=C\C2Cc3ccccc3N2C)cc1OCc1cc(CCl)cc([N+](=O)[O-])c1. The number of hydrogen-bond donors (Lipinski definition) is 0. The lowest BCUT2D eigenvalue weighted by Crippen LogP contribution is -2.28. The fourth-order valence-electron chi connectivity index (χ4n) is 4.10. The number of non-ortho nitro benzene ring substituents is 1. The van der Waals surface area contributed by atoms with Crippen LogP contribution >= 0.6 is 11.6 Å². The summed E-state index contributed by atoms with van der Waals surface area (Å²) in [6.07, 6.45) is 3.37. The number of anilines is 1. The Bertz CT molecular complexity index is 1290. The summed E-state index contributed by atoms with van der Waals surface area (Å²) in [6, 6.07) is 16.1. The maximum atomic E-state index is 11.7. The summed E-state index contributed by atoms with van der Waals surface area (Å²) in [7, 11) is 3.49. The number of fused-ring (bicyclic) bond motifs is 1. The Morgan fingerprint density at radius 3 is 2.63 bits per heavy atom. The van der Waals surface area contributed by atoms with Gasteiger partial charge in [-0.05, 0) is 35.2 Å². The third-order valence-electron chi connectivity index (χ3n) is 5.92. The zero-order valence-electron chi connectivity index (χ0n) is 19.3. The summed E-state index contributed by atoms with van der Waals surface area (Å²) in [5, 5.41) is 11.2. The van der Waals surface area contributed by atoms with Gasteiger partial charge in [-0.2, -0.15) is 0 Å². The van der Waals surface area contributed by atoms with E-state index in [1.54, 1.807) is 18.2 Å². The summed E-state index contributed by atoms with van der Waals surface area (Å²) >= 11 is 5.89. The van der Waals surface area contributed by atoms with Crippen molar-refractivity contribution in [2.45, 2.75) is 24.9 Å². The molecule has 0 N–H and O–H groups in total. The van der Waals surface area contributed by atoms with Crippen molar-refractivity contribution in [3.63, 3.8) is 0 Å². The highest BCUT2D eigenvalue weighted by atomic mass is 35.5. The molecule has 0 amide bonds. The Hall–Kier alpha value is -3.91. The van der Waals surface area contributed by atoms with E-state index in [-0.39, 0.29) is 24.2 Å². The minimum absolute atomic E-state index is 0.0478. The fourth-order valence-corrected chi connectivity index (χ4v) is 4.26. The predicted octanol–water partition coefficient (Wildman–Crippen LogP) is 5.50. The number of nitro groups is 1. The molecule has 4 rings (SSSR count). The van der Waals surface area contributed by atoms with Crippen molar-refractivity contribution in [3.8, 4) is 11.5 Å². The Morgan fingerprint density at radius 1 is 1.17 bits per heavy atom. The molecule has 0 bridgehead atoms. The van der Waals surface area contributed by atoms with Crippen LogP contribution in [-0.2, 0) is 18.9 Å². The number of carbonyl (C=O) groups excluding carboxylic acids is 1. The van der Waals surface area contributed by atoms with Gasteiger partial charge in [-0.1, -0.05) is 24.3 Å². The van der Waals surface area contributed by atoms with Gasteiger partial charge in [0.25, 0.3) is 5.69 Å². The summed E-state index contributed by atoms with van der Waals surface area (Å²) in [6.45, 7) is 0.0478. The van der Waals surface area contributed by atoms with Gasteiger partial charge in [0.15, 0.2) is 17.8 Å². The molecule has 0 spiro atoms. The molecule has 3 aromatic carbocycles. The van der Waals surface area contributed by atoms with Crippen LogP contribution < -0.4 is 14.4 Å². The van der Waals surface area contributed by atoms with Crippen molar-refractivity contribution in [1.82, 2.24) is 0 Å². The minimum Gasteiger partial charge on any atom is -0.493 e. The molecule has 1 heterocycles. The standard InChI is InChI=1S/C26H24ClN3O5/c1-29-22(10-19-5-3-4-6-24(19)29)14-28-23-12-26(25(34-2)11-20(23)15-31)35-16-18-7-17(13-27)8-21(9-18)30(32)33/h3-9,11-12,14-15,22H,10,13,16H2,1-2H3/b28-14-. The van der Waals surface area contributed by atoms with Crippen molar-refractivity contribution in [2.24, 2.45) is 4.99 Å². The van der Waals surface area contributed by atoms with Gasteiger partial charge in [-0.25, -0.2) is 0 Å². The maximum Gasteiger partial charge on any atom is 0.270 e. The van der Waals surface area contributed by atoms with Crippen LogP contribution in [-0.4, -0.2) is 37.6 Å². The number of aliphatic imine (C=N–C) groups is 1. The van der Waals surface area contributed by atoms with Gasteiger partial charge in [-0.15, -0.1) is 11.6 Å². The van der Waals surface area contributed by atoms with Gasteiger partial charge in [-0.3, -0.25) is 19.9 Å². The molecular formula is C26H24ClN3O5. The lowest BCUT2D eigenvalue weighted by atomic mass is 10.1. The molecule has 0 fully saturated rings. The summed E-state index contributed by atoms with van der Waals surface area (Å²) < 4.78 is 11.3. The van der Waals surface area contributed by atoms with E-state index in [4.69, 9.17) is 21.1 Å². The maximum absolute atomic E-state index is 11.7. The number of alkyl halides is 1. The molecule has 0 aromatic heterocycles. The summed E-state index contributed by atoms with van der Waals surface area (Å²) in [4.78, 5) is 29.3. The molecule has 180 valence electrons. The quantitative estimate of drug-likeness (QED) is 0.128. The van der Waals surface area contributed by atoms with Crippen molar-refractivity contribution < 1.29 is 19.2 Å². The molecule has 3 aromatic rings.